The Balaban J connectivity index is 2.52. The second kappa shape index (κ2) is 7.33. The Morgan fingerprint density at radius 3 is 2.90 bits per heavy atom. The molecule has 0 spiro atoms. The van der Waals surface area contributed by atoms with Crippen LogP contribution in [0.3, 0.4) is 0 Å². The van der Waals surface area contributed by atoms with Gasteiger partial charge in [-0.3, -0.25) is 0 Å². The third kappa shape index (κ3) is 3.31. The molecule has 0 fully saturated rings. The first kappa shape index (κ1) is 15.7. The van der Waals surface area contributed by atoms with Crippen molar-refractivity contribution in [1.82, 2.24) is 9.99 Å². The predicted molar refractivity (Wildman–Crippen MR) is 86.6 cm³/mol. The van der Waals surface area contributed by atoms with Gasteiger partial charge in [-0.2, -0.15) is 5.10 Å². The zero-order valence-corrected chi connectivity index (χ0v) is 13.3. The van der Waals surface area contributed by atoms with Crippen molar-refractivity contribution in [2.24, 2.45) is 5.10 Å². The maximum absolute atomic E-state index is 6.51. The molecule has 0 saturated heterocycles. The summed E-state index contributed by atoms with van der Waals surface area (Å²) in [5.41, 5.74) is 4.66. The topological polar surface area (TPSA) is 47.8 Å². The number of aromatic nitrogens is 1. The Kier molecular flexibility index (Phi) is 5.47. The molecule has 1 N–H and O–H groups in total. The first-order chi connectivity index (χ1) is 10.2. The van der Waals surface area contributed by atoms with Crippen LogP contribution in [0, 0.1) is 0 Å². The highest BCUT2D eigenvalue weighted by molar-refractivity contribution is 6.34. The lowest BCUT2D eigenvalue weighted by Crippen LogP contribution is -2.06. The fourth-order valence-electron chi connectivity index (χ4n) is 2.23. The molecule has 0 saturated carbocycles. The van der Waals surface area contributed by atoms with E-state index in [9.17, 15) is 0 Å². The molecule has 21 heavy (non-hydrogen) atoms. The summed E-state index contributed by atoms with van der Waals surface area (Å²) in [6.45, 7) is 3.99. The van der Waals surface area contributed by atoms with Crippen LogP contribution in [0.1, 0.15) is 12.5 Å². The fraction of sp³-hybridized carbons (Fsp3) is 0.400. The van der Waals surface area contributed by atoms with Crippen molar-refractivity contribution >= 4 is 28.7 Å². The van der Waals surface area contributed by atoms with Crippen molar-refractivity contribution in [2.45, 2.75) is 13.5 Å². The minimum Gasteiger partial charge on any atom is -0.497 e. The van der Waals surface area contributed by atoms with Gasteiger partial charge >= 0.3 is 0 Å². The standard InChI is InChI=1S/C15H20ClN3O2/c1-4-21-8-7-19-14-6-5-11(20-3)9-12(14)13(15(19)16)10-18-17-2/h5-6,9-10,17H,4,7-8H2,1-3H3/b18-10+. The molecule has 1 aromatic heterocycles. The van der Waals surface area contributed by atoms with E-state index in [2.05, 4.69) is 10.5 Å². The van der Waals surface area contributed by atoms with Crippen LogP contribution in [0.15, 0.2) is 23.3 Å². The lowest BCUT2D eigenvalue weighted by Gasteiger charge is -2.07. The summed E-state index contributed by atoms with van der Waals surface area (Å²) in [5, 5.41) is 5.73. The smallest absolute Gasteiger partial charge is 0.119 e. The van der Waals surface area contributed by atoms with Gasteiger partial charge in [-0.05, 0) is 25.1 Å². The van der Waals surface area contributed by atoms with Gasteiger partial charge in [0.1, 0.15) is 10.9 Å². The number of halogens is 1. The third-order valence-corrected chi connectivity index (χ3v) is 3.64. The molecule has 0 bridgehead atoms. The second-order valence-corrected chi connectivity index (χ2v) is 4.78. The van der Waals surface area contributed by atoms with Crippen LogP contribution in [0.2, 0.25) is 5.15 Å². The Labute approximate surface area is 129 Å². The lowest BCUT2D eigenvalue weighted by atomic mass is 10.2. The Morgan fingerprint density at radius 1 is 1.43 bits per heavy atom. The van der Waals surface area contributed by atoms with Gasteiger partial charge in [-0.15, -0.1) is 0 Å². The van der Waals surface area contributed by atoms with Crippen molar-refractivity contribution in [3.8, 4) is 5.75 Å². The summed E-state index contributed by atoms with van der Waals surface area (Å²) in [7, 11) is 3.40. The van der Waals surface area contributed by atoms with E-state index in [0.29, 0.717) is 24.9 Å². The summed E-state index contributed by atoms with van der Waals surface area (Å²) in [6, 6.07) is 5.90. The van der Waals surface area contributed by atoms with E-state index in [1.807, 2.05) is 29.7 Å². The number of nitrogens with one attached hydrogen (secondary N) is 1. The largest absolute Gasteiger partial charge is 0.497 e. The maximum atomic E-state index is 6.51. The molecular weight excluding hydrogens is 290 g/mol. The van der Waals surface area contributed by atoms with Crippen molar-refractivity contribution < 1.29 is 9.47 Å². The Hall–Kier alpha value is -1.72. The number of fused-ring (bicyclic) bond motifs is 1. The number of hydrazone groups is 1. The van der Waals surface area contributed by atoms with E-state index in [0.717, 1.165) is 22.2 Å². The number of hydrogen-bond acceptors (Lipinski definition) is 4. The van der Waals surface area contributed by atoms with Crippen molar-refractivity contribution in [1.29, 1.82) is 0 Å². The van der Waals surface area contributed by atoms with Gasteiger partial charge in [0.05, 0.1) is 25.4 Å². The molecular formula is C15H20ClN3O2. The Morgan fingerprint density at radius 2 is 2.24 bits per heavy atom. The SMILES string of the molecule is CCOCCn1c(Cl)c(/C=N/NC)c2cc(OC)ccc21. The molecule has 0 aliphatic rings. The first-order valence-corrected chi connectivity index (χ1v) is 7.24. The first-order valence-electron chi connectivity index (χ1n) is 6.86. The lowest BCUT2D eigenvalue weighted by molar-refractivity contribution is 0.140. The number of methoxy groups -OCH3 is 1. The maximum Gasteiger partial charge on any atom is 0.119 e. The summed E-state index contributed by atoms with van der Waals surface area (Å²) >= 11 is 6.51. The number of nitrogens with zero attached hydrogens (tertiary/aromatic N) is 2. The van der Waals surface area contributed by atoms with Crippen LogP contribution in [-0.4, -0.2) is 38.2 Å². The van der Waals surface area contributed by atoms with Crippen LogP contribution in [-0.2, 0) is 11.3 Å². The average molecular weight is 310 g/mol. The molecule has 0 amide bonds. The normalized spacial score (nSPS) is 11.4. The minimum atomic E-state index is 0.620. The molecule has 0 aliphatic carbocycles. The van der Waals surface area contributed by atoms with Crippen molar-refractivity contribution in [2.75, 3.05) is 27.4 Å². The van der Waals surface area contributed by atoms with E-state index >= 15 is 0 Å². The van der Waals surface area contributed by atoms with Gasteiger partial charge in [-0.1, -0.05) is 11.6 Å². The van der Waals surface area contributed by atoms with Crippen LogP contribution in [0.5, 0.6) is 5.75 Å². The molecule has 5 nitrogen and oxygen atoms in total. The second-order valence-electron chi connectivity index (χ2n) is 4.42. The monoisotopic (exact) mass is 309 g/mol. The zero-order valence-electron chi connectivity index (χ0n) is 12.5. The molecule has 1 aromatic carbocycles. The van der Waals surface area contributed by atoms with Gasteiger partial charge in [0, 0.05) is 31.1 Å². The summed E-state index contributed by atoms with van der Waals surface area (Å²) in [5.74, 6) is 0.792. The highest BCUT2D eigenvalue weighted by Crippen LogP contribution is 2.31. The van der Waals surface area contributed by atoms with E-state index in [1.165, 1.54) is 0 Å². The van der Waals surface area contributed by atoms with E-state index in [1.54, 1.807) is 20.4 Å². The summed E-state index contributed by atoms with van der Waals surface area (Å²) < 4.78 is 12.7. The number of rotatable bonds is 7. The van der Waals surface area contributed by atoms with Gasteiger partial charge in [0.2, 0.25) is 0 Å². The Bertz CT molecular complexity index is 637. The highest BCUT2D eigenvalue weighted by atomic mass is 35.5. The van der Waals surface area contributed by atoms with Crippen molar-refractivity contribution in [3.05, 3.63) is 28.9 Å². The average Bonchev–Trinajstić information content (AvgIpc) is 2.77. The molecule has 0 aliphatic heterocycles. The van der Waals surface area contributed by atoms with Gasteiger partial charge < -0.3 is 19.5 Å². The molecule has 0 radical (unpaired) electrons. The number of hydrogen-bond donors (Lipinski definition) is 1. The van der Waals surface area contributed by atoms with Crippen LogP contribution in [0.25, 0.3) is 10.9 Å². The zero-order chi connectivity index (χ0) is 15.2. The van der Waals surface area contributed by atoms with Gasteiger partial charge in [0.25, 0.3) is 0 Å². The third-order valence-electron chi connectivity index (χ3n) is 3.23. The van der Waals surface area contributed by atoms with E-state index < -0.39 is 0 Å². The number of ether oxygens (including phenoxy) is 2. The van der Waals surface area contributed by atoms with Crippen LogP contribution < -0.4 is 10.2 Å². The molecule has 0 unspecified atom stereocenters. The van der Waals surface area contributed by atoms with Gasteiger partial charge in [-0.25, -0.2) is 0 Å². The number of benzene rings is 1. The summed E-state index contributed by atoms with van der Waals surface area (Å²) in [4.78, 5) is 0. The molecule has 2 aromatic rings. The minimum absolute atomic E-state index is 0.620. The highest BCUT2D eigenvalue weighted by Gasteiger charge is 2.15. The predicted octanol–water partition coefficient (Wildman–Crippen LogP) is 2.89. The fourth-order valence-corrected chi connectivity index (χ4v) is 2.55. The van der Waals surface area contributed by atoms with E-state index in [-0.39, 0.29) is 0 Å². The quantitative estimate of drug-likeness (QED) is 0.486. The molecule has 6 heteroatoms. The molecule has 0 atom stereocenters. The van der Waals surface area contributed by atoms with Crippen molar-refractivity contribution in [3.63, 3.8) is 0 Å². The molecule has 114 valence electrons. The van der Waals surface area contributed by atoms with Crippen LogP contribution >= 0.6 is 11.6 Å². The van der Waals surface area contributed by atoms with E-state index in [4.69, 9.17) is 21.1 Å². The van der Waals surface area contributed by atoms with Gasteiger partial charge in [0.15, 0.2) is 0 Å². The van der Waals surface area contributed by atoms with Crippen LogP contribution in [0.4, 0.5) is 0 Å². The molecule has 1 heterocycles. The summed E-state index contributed by atoms with van der Waals surface area (Å²) in [6.07, 6.45) is 1.72. The molecule has 2 rings (SSSR count).